The molecule has 1 fully saturated rings. The second kappa shape index (κ2) is 9.66. The number of nitrogens with one attached hydrogen (secondary N) is 2. The predicted octanol–water partition coefficient (Wildman–Crippen LogP) is 2.01. The van der Waals surface area contributed by atoms with Crippen molar-refractivity contribution >= 4 is 45.2 Å². The van der Waals surface area contributed by atoms with Gasteiger partial charge < -0.3 is 14.8 Å². The quantitative estimate of drug-likeness (QED) is 0.625. The number of nitrogens with zero attached hydrogens (tertiary/aromatic N) is 2. The van der Waals surface area contributed by atoms with E-state index in [4.69, 9.17) is 9.47 Å². The lowest BCUT2D eigenvalue weighted by Gasteiger charge is -2.34. The van der Waals surface area contributed by atoms with Crippen molar-refractivity contribution in [2.45, 2.75) is 57.7 Å². The number of alkyl carbamates (subject to hydrolysis) is 1. The van der Waals surface area contributed by atoms with Gasteiger partial charge in [0.15, 0.2) is 0 Å². The average molecular weight is 477 g/mol. The number of aromatic nitrogens is 1. The molecular weight excluding hydrogens is 452 g/mol. The Balaban J connectivity index is 2.13. The van der Waals surface area contributed by atoms with Crippen LogP contribution in [0, 0.1) is 0 Å². The highest BCUT2D eigenvalue weighted by atomic mass is 79.9. The highest BCUT2D eigenvalue weighted by molar-refractivity contribution is 9.10. The van der Waals surface area contributed by atoms with Crippen molar-refractivity contribution < 1.29 is 23.9 Å². The molecule has 0 bridgehead atoms. The van der Waals surface area contributed by atoms with Gasteiger partial charge in [-0.15, -0.1) is 11.3 Å². The summed E-state index contributed by atoms with van der Waals surface area (Å²) in [5.74, 6) is -0.802. The maximum Gasteiger partial charge on any atom is 0.408 e. The van der Waals surface area contributed by atoms with E-state index < -0.39 is 29.7 Å². The molecular formula is C17H25BrN4O5S. The van der Waals surface area contributed by atoms with Gasteiger partial charge in [-0.05, 0) is 49.5 Å². The van der Waals surface area contributed by atoms with E-state index in [9.17, 15) is 14.4 Å². The van der Waals surface area contributed by atoms with E-state index in [0.29, 0.717) is 29.0 Å². The third-order valence-electron chi connectivity index (χ3n) is 3.83. The molecule has 0 unspecified atom stereocenters. The van der Waals surface area contributed by atoms with Gasteiger partial charge in [-0.3, -0.25) is 14.6 Å². The predicted molar refractivity (Wildman–Crippen MR) is 107 cm³/mol. The summed E-state index contributed by atoms with van der Waals surface area (Å²) in [6.07, 6.45) is 0.721. The van der Waals surface area contributed by atoms with Crippen molar-refractivity contribution in [1.82, 2.24) is 20.7 Å². The fraction of sp³-hybridized carbons (Fsp3) is 0.647. The molecule has 11 heteroatoms. The summed E-state index contributed by atoms with van der Waals surface area (Å²) in [4.78, 5) is 41.4. The van der Waals surface area contributed by atoms with Crippen LogP contribution in [0.1, 0.15) is 38.6 Å². The summed E-state index contributed by atoms with van der Waals surface area (Å²) >= 11 is 4.66. The van der Waals surface area contributed by atoms with Gasteiger partial charge in [-0.25, -0.2) is 15.2 Å². The number of hydrogen-bond acceptors (Lipinski definition) is 8. The molecule has 1 aromatic heterocycles. The zero-order valence-electron chi connectivity index (χ0n) is 16.3. The molecule has 1 aromatic rings. The molecule has 1 aliphatic rings. The van der Waals surface area contributed by atoms with Gasteiger partial charge in [0.25, 0.3) is 5.91 Å². The van der Waals surface area contributed by atoms with Crippen molar-refractivity contribution in [3.63, 3.8) is 0 Å². The number of amides is 2. The molecule has 9 nitrogen and oxygen atoms in total. The van der Waals surface area contributed by atoms with Crippen LogP contribution in [0.15, 0.2) is 9.98 Å². The molecule has 0 spiro atoms. The lowest BCUT2D eigenvalue weighted by Crippen LogP contribution is -2.60. The highest BCUT2D eigenvalue weighted by Gasteiger charge is 2.34. The Hall–Kier alpha value is -1.72. The molecule has 1 saturated heterocycles. The number of hydrogen-bond donors (Lipinski definition) is 2. The Morgan fingerprint density at radius 1 is 1.46 bits per heavy atom. The van der Waals surface area contributed by atoms with Crippen molar-refractivity contribution in [1.29, 1.82) is 0 Å². The Labute approximate surface area is 176 Å². The molecule has 0 saturated carbocycles. The summed E-state index contributed by atoms with van der Waals surface area (Å²) in [6, 6.07) is -1.49. The molecule has 2 rings (SSSR count). The van der Waals surface area contributed by atoms with Gasteiger partial charge in [0.1, 0.15) is 22.3 Å². The smallest absolute Gasteiger partial charge is 0.408 e. The summed E-state index contributed by atoms with van der Waals surface area (Å²) < 4.78 is 10.7. The topological polar surface area (TPSA) is 110 Å². The van der Waals surface area contributed by atoms with E-state index in [1.807, 2.05) is 0 Å². The molecule has 2 heterocycles. The summed E-state index contributed by atoms with van der Waals surface area (Å²) in [5.41, 5.74) is 2.19. The van der Waals surface area contributed by atoms with Crippen molar-refractivity contribution in [3.05, 3.63) is 15.0 Å². The summed E-state index contributed by atoms with van der Waals surface area (Å²) in [6.45, 7) is 5.65. The minimum Gasteiger partial charge on any atom is -0.468 e. The first kappa shape index (κ1) is 22.6. The van der Waals surface area contributed by atoms with Crippen molar-refractivity contribution in [2.24, 2.45) is 0 Å². The second-order valence-electron chi connectivity index (χ2n) is 7.30. The van der Waals surface area contributed by atoms with E-state index in [2.05, 4.69) is 31.7 Å². The largest absolute Gasteiger partial charge is 0.468 e. The van der Waals surface area contributed by atoms with Crippen LogP contribution in [0.2, 0.25) is 0 Å². The first-order valence-corrected chi connectivity index (χ1v) is 10.5. The Morgan fingerprint density at radius 3 is 2.75 bits per heavy atom. The molecule has 28 heavy (non-hydrogen) atoms. The SMILES string of the molecule is COC(=O)[C@H]1CCCN(C(=O)[C@H](Cc2nc(Br)cs2)NC(=O)OC(C)(C)C)N1. The minimum atomic E-state index is -0.892. The Kier molecular flexibility index (Phi) is 7.79. The van der Waals surface area contributed by atoms with Crippen LogP contribution >= 0.6 is 27.3 Å². The second-order valence-corrected chi connectivity index (χ2v) is 9.06. The molecule has 2 amide bonds. The first-order valence-electron chi connectivity index (χ1n) is 8.84. The lowest BCUT2D eigenvalue weighted by molar-refractivity contribution is -0.150. The molecule has 0 radical (unpaired) electrons. The summed E-state index contributed by atoms with van der Waals surface area (Å²) in [7, 11) is 1.30. The van der Waals surface area contributed by atoms with E-state index in [0.717, 1.165) is 0 Å². The highest BCUT2D eigenvalue weighted by Crippen LogP contribution is 2.18. The number of rotatable bonds is 5. The van der Waals surface area contributed by atoms with E-state index in [1.54, 1.807) is 26.2 Å². The zero-order chi connectivity index (χ0) is 20.9. The number of carbonyl (C=O) groups is 3. The van der Waals surface area contributed by atoms with Crippen LogP contribution in [0.25, 0.3) is 0 Å². The maximum absolute atomic E-state index is 13.1. The van der Waals surface area contributed by atoms with Crippen LogP contribution in [-0.2, 0) is 25.5 Å². The number of esters is 1. The third kappa shape index (κ3) is 6.71. The van der Waals surface area contributed by atoms with Gasteiger partial charge in [0, 0.05) is 18.3 Å². The number of hydrazine groups is 1. The molecule has 1 aliphatic heterocycles. The van der Waals surface area contributed by atoms with Crippen molar-refractivity contribution in [3.8, 4) is 0 Å². The van der Waals surface area contributed by atoms with Gasteiger partial charge in [0.05, 0.1) is 12.1 Å². The number of carbonyl (C=O) groups excluding carboxylic acids is 3. The van der Waals surface area contributed by atoms with Gasteiger partial charge >= 0.3 is 12.1 Å². The Morgan fingerprint density at radius 2 is 2.18 bits per heavy atom. The number of methoxy groups -OCH3 is 1. The van der Waals surface area contributed by atoms with Crippen molar-refractivity contribution in [2.75, 3.05) is 13.7 Å². The molecule has 0 aromatic carbocycles. The standard InChI is InChI=1S/C17H25BrN4O5S/c1-17(2,3)27-16(25)19-11(8-13-20-12(18)9-28-13)14(23)22-7-5-6-10(21-22)15(24)26-4/h9-11,21H,5-8H2,1-4H3,(H,19,25)/t10-,11+/m1/s1. The van der Waals surface area contributed by atoms with Gasteiger partial charge in [-0.1, -0.05) is 0 Å². The van der Waals surface area contributed by atoms with E-state index in [-0.39, 0.29) is 12.3 Å². The summed E-state index contributed by atoms with van der Waals surface area (Å²) in [5, 5.41) is 6.47. The van der Waals surface area contributed by atoms with E-state index >= 15 is 0 Å². The molecule has 0 aliphatic carbocycles. The molecule has 156 valence electrons. The van der Waals surface area contributed by atoms with E-state index in [1.165, 1.54) is 23.5 Å². The first-order chi connectivity index (χ1) is 13.1. The average Bonchev–Trinajstić information content (AvgIpc) is 3.03. The fourth-order valence-electron chi connectivity index (χ4n) is 2.65. The zero-order valence-corrected chi connectivity index (χ0v) is 18.7. The lowest BCUT2D eigenvalue weighted by atomic mass is 10.1. The van der Waals surface area contributed by atoms with Crippen LogP contribution in [0.5, 0.6) is 0 Å². The molecule has 2 atom stereocenters. The normalized spacial score (nSPS) is 18.3. The Bertz CT molecular complexity index is 721. The van der Waals surface area contributed by atoms with Crippen LogP contribution in [-0.4, -0.2) is 59.3 Å². The molecule has 2 N–H and O–H groups in total. The monoisotopic (exact) mass is 476 g/mol. The van der Waals surface area contributed by atoms with Crippen LogP contribution in [0.4, 0.5) is 4.79 Å². The van der Waals surface area contributed by atoms with Gasteiger partial charge in [-0.2, -0.15) is 0 Å². The van der Waals surface area contributed by atoms with Gasteiger partial charge in [0.2, 0.25) is 0 Å². The number of thiazole rings is 1. The fourth-order valence-corrected chi connectivity index (χ4v) is 3.96. The number of halogens is 1. The van der Waals surface area contributed by atoms with Crippen LogP contribution in [0.3, 0.4) is 0 Å². The maximum atomic E-state index is 13.1. The minimum absolute atomic E-state index is 0.204. The van der Waals surface area contributed by atoms with Crippen LogP contribution < -0.4 is 10.7 Å². The number of ether oxygens (including phenoxy) is 2. The third-order valence-corrected chi connectivity index (χ3v) is 5.41.